The predicted octanol–water partition coefficient (Wildman–Crippen LogP) is 3.74. The summed E-state index contributed by atoms with van der Waals surface area (Å²) in [5.74, 6) is -0.196. The van der Waals surface area contributed by atoms with Gasteiger partial charge in [0.15, 0.2) is 0 Å². The highest BCUT2D eigenvalue weighted by Gasteiger charge is 2.19. The van der Waals surface area contributed by atoms with Crippen molar-refractivity contribution in [2.45, 2.75) is 33.7 Å². The summed E-state index contributed by atoms with van der Waals surface area (Å²) in [6.07, 6.45) is 0. The minimum atomic E-state index is -0.552. The van der Waals surface area contributed by atoms with Crippen molar-refractivity contribution in [3.8, 4) is 5.75 Å². The minimum absolute atomic E-state index is 0.0735. The lowest BCUT2D eigenvalue weighted by atomic mass is 10.1. The van der Waals surface area contributed by atoms with E-state index in [0.717, 1.165) is 16.7 Å². The number of phenolic OH excluding ortho intramolecular Hbond substituents is 1. The van der Waals surface area contributed by atoms with Crippen molar-refractivity contribution in [2.24, 2.45) is 0 Å². The first-order valence-corrected chi connectivity index (χ1v) is 9.01. The molecule has 0 aromatic heterocycles. The number of nitrogens with one attached hydrogen (secondary N) is 2. The number of amides is 3. The summed E-state index contributed by atoms with van der Waals surface area (Å²) in [4.78, 5) is 26.3. The zero-order valence-electron chi connectivity index (χ0n) is 16.2. The van der Waals surface area contributed by atoms with Gasteiger partial charge < -0.3 is 10.4 Å². The Morgan fingerprint density at radius 1 is 1.11 bits per heavy atom. The van der Waals surface area contributed by atoms with Crippen LogP contribution in [-0.2, 0) is 4.79 Å². The Morgan fingerprint density at radius 3 is 2.48 bits per heavy atom. The normalized spacial score (nSPS) is 11.9. The number of likely N-dealkylation sites (N-methyl/N-ethyl adjacent to an activating group) is 1. The lowest BCUT2D eigenvalue weighted by molar-refractivity contribution is -0.121. The second-order valence-corrected chi connectivity index (χ2v) is 6.64. The number of nitrogens with zero attached hydrogens (tertiary/aromatic N) is 1. The van der Waals surface area contributed by atoms with E-state index in [0.29, 0.717) is 12.2 Å². The molecule has 0 unspecified atom stereocenters. The maximum atomic E-state index is 12.3. The molecule has 0 fully saturated rings. The van der Waals surface area contributed by atoms with Gasteiger partial charge in [-0.05, 0) is 68.3 Å². The van der Waals surface area contributed by atoms with Gasteiger partial charge in [0, 0.05) is 11.7 Å². The molecule has 6 heteroatoms. The van der Waals surface area contributed by atoms with Crippen LogP contribution in [0.4, 0.5) is 10.5 Å². The van der Waals surface area contributed by atoms with E-state index in [9.17, 15) is 14.7 Å². The summed E-state index contributed by atoms with van der Waals surface area (Å²) in [6, 6.07) is 11.9. The quantitative estimate of drug-likeness (QED) is 0.724. The fraction of sp³-hybridized carbons (Fsp3) is 0.333. The Hall–Kier alpha value is -2.86. The maximum absolute atomic E-state index is 12.3. The number of benzene rings is 2. The third kappa shape index (κ3) is 5.82. The van der Waals surface area contributed by atoms with Crippen LogP contribution in [0.3, 0.4) is 0 Å². The van der Waals surface area contributed by atoms with Gasteiger partial charge in [0.1, 0.15) is 5.75 Å². The van der Waals surface area contributed by atoms with Crippen molar-refractivity contribution in [1.82, 2.24) is 10.2 Å². The number of hydrogen-bond acceptors (Lipinski definition) is 4. The topological polar surface area (TPSA) is 81.7 Å². The predicted molar refractivity (Wildman–Crippen MR) is 107 cm³/mol. The summed E-state index contributed by atoms with van der Waals surface area (Å²) in [5.41, 5.74) is 3.75. The average Bonchev–Trinajstić information content (AvgIpc) is 2.62. The van der Waals surface area contributed by atoms with E-state index < -0.39 is 6.03 Å². The van der Waals surface area contributed by atoms with Crippen molar-refractivity contribution >= 4 is 17.6 Å². The van der Waals surface area contributed by atoms with Gasteiger partial charge >= 0.3 is 6.03 Å². The molecule has 0 aliphatic carbocycles. The number of urea groups is 1. The molecule has 0 radical (unpaired) electrons. The zero-order chi connectivity index (χ0) is 20.0. The van der Waals surface area contributed by atoms with Crippen molar-refractivity contribution in [1.29, 1.82) is 0 Å². The lowest BCUT2D eigenvalue weighted by Gasteiger charge is -2.27. The Bertz CT molecular complexity index is 820. The number of aryl methyl sites for hydroxylation is 2. The van der Waals surface area contributed by atoms with Crippen LogP contribution >= 0.6 is 0 Å². The van der Waals surface area contributed by atoms with Crippen LogP contribution in [0.25, 0.3) is 0 Å². The third-order valence-corrected chi connectivity index (χ3v) is 4.67. The molecule has 27 heavy (non-hydrogen) atoms. The van der Waals surface area contributed by atoms with Gasteiger partial charge in [-0.25, -0.2) is 4.79 Å². The molecular weight excluding hydrogens is 342 g/mol. The molecule has 0 aliphatic heterocycles. The van der Waals surface area contributed by atoms with E-state index >= 15 is 0 Å². The molecular formula is C21H27N3O3. The molecule has 3 N–H and O–H groups in total. The highest BCUT2D eigenvalue weighted by Crippen LogP contribution is 2.23. The first-order valence-electron chi connectivity index (χ1n) is 9.01. The van der Waals surface area contributed by atoms with Crippen LogP contribution in [0.1, 0.15) is 36.6 Å². The number of aromatic hydroxyl groups is 1. The third-order valence-electron chi connectivity index (χ3n) is 4.67. The van der Waals surface area contributed by atoms with Crippen LogP contribution < -0.4 is 10.6 Å². The summed E-state index contributed by atoms with van der Waals surface area (Å²) in [6.45, 7) is 8.57. The SMILES string of the molecule is CCN(CC(=O)NC(=O)Nc1ccc(C)c(C)c1)[C@@H](C)c1cccc(O)c1. The van der Waals surface area contributed by atoms with Crippen LogP contribution in [0.15, 0.2) is 42.5 Å². The van der Waals surface area contributed by atoms with Gasteiger partial charge in [0.2, 0.25) is 5.91 Å². The number of carbonyl (C=O) groups excluding carboxylic acids is 2. The van der Waals surface area contributed by atoms with E-state index in [2.05, 4.69) is 10.6 Å². The van der Waals surface area contributed by atoms with Crippen LogP contribution in [0.5, 0.6) is 5.75 Å². The van der Waals surface area contributed by atoms with Gasteiger partial charge in [-0.3, -0.25) is 15.0 Å². The van der Waals surface area contributed by atoms with Crippen molar-refractivity contribution < 1.29 is 14.7 Å². The lowest BCUT2D eigenvalue weighted by Crippen LogP contribution is -2.42. The number of hydrogen-bond donors (Lipinski definition) is 3. The van der Waals surface area contributed by atoms with Gasteiger partial charge in [0.25, 0.3) is 0 Å². The van der Waals surface area contributed by atoms with Crippen molar-refractivity contribution in [2.75, 3.05) is 18.4 Å². The molecule has 0 bridgehead atoms. The highest BCUT2D eigenvalue weighted by molar-refractivity contribution is 6.01. The number of carbonyl (C=O) groups is 2. The van der Waals surface area contributed by atoms with Gasteiger partial charge in [-0.1, -0.05) is 25.1 Å². The minimum Gasteiger partial charge on any atom is -0.508 e. The fourth-order valence-corrected chi connectivity index (χ4v) is 2.85. The molecule has 2 aromatic carbocycles. The molecule has 2 aromatic rings. The summed E-state index contributed by atoms with van der Waals surface area (Å²) >= 11 is 0. The Labute approximate surface area is 160 Å². The van der Waals surface area contributed by atoms with Crippen LogP contribution in [0.2, 0.25) is 0 Å². The molecule has 2 rings (SSSR count). The van der Waals surface area contributed by atoms with Crippen molar-refractivity contribution in [3.63, 3.8) is 0 Å². The molecule has 144 valence electrons. The smallest absolute Gasteiger partial charge is 0.325 e. The number of anilines is 1. The second-order valence-electron chi connectivity index (χ2n) is 6.64. The van der Waals surface area contributed by atoms with Crippen molar-refractivity contribution in [3.05, 3.63) is 59.2 Å². The molecule has 6 nitrogen and oxygen atoms in total. The second kappa shape index (κ2) is 9.19. The summed E-state index contributed by atoms with van der Waals surface area (Å²) in [7, 11) is 0. The monoisotopic (exact) mass is 369 g/mol. The summed E-state index contributed by atoms with van der Waals surface area (Å²) in [5, 5.41) is 14.7. The number of imide groups is 1. The van der Waals surface area contributed by atoms with Gasteiger partial charge in [-0.2, -0.15) is 0 Å². The summed E-state index contributed by atoms with van der Waals surface area (Å²) < 4.78 is 0. The van der Waals surface area contributed by atoms with Gasteiger partial charge in [0.05, 0.1) is 6.54 Å². The van der Waals surface area contributed by atoms with E-state index in [4.69, 9.17) is 0 Å². The first kappa shape index (κ1) is 20.5. The fourth-order valence-electron chi connectivity index (χ4n) is 2.85. The highest BCUT2D eigenvalue weighted by atomic mass is 16.3. The first-order chi connectivity index (χ1) is 12.8. The number of phenols is 1. The average molecular weight is 369 g/mol. The standard InChI is InChI=1S/C21H27N3O3/c1-5-24(16(4)17-7-6-8-19(25)12-17)13-20(26)23-21(27)22-18-10-9-14(2)15(3)11-18/h6-12,16,25H,5,13H2,1-4H3,(H2,22,23,26,27)/t16-/m0/s1. The van der Waals surface area contributed by atoms with E-state index in [1.54, 1.807) is 24.3 Å². The Morgan fingerprint density at radius 2 is 1.85 bits per heavy atom. The number of rotatable bonds is 6. The Kier molecular flexibility index (Phi) is 6.96. The Balaban J connectivity index is 1.93. The van der Waals surface area contributed by atoms with E-state index in [1.165, 1.54) is 0 Å². The van der Waals surface area contributed by atoms with E-state index in [1.807, 2.05) is 50.8 Å². The van der Waals surface area contributed by atoms with E-state index in [-0.39, 0.29) is 24.2 Å². The molecule has 0 spiro atoms. The van der Waals surface area contributed by atoms with Crippen LogP contribution in [-0.4, -0.2) is 35.0 Å². The van der Waals surface area contributed by atoms with Gasteiger partial charge in [-0.15, -0.1) is 0 Å². The molecule has 0 saturated heterocycles. The largest absolute Gasteiger partial charge is 0.508 e. The molecule has 1 atom stereocenters. The molecule has 0 heterocycles. The molecule has 3 amide bonds. The zero-order valence-corrected chi connectivity index (χ0v) is 16.2. The van der Waals surface area contributed by atoms with Crippen LogP contribution in [0, 0.1) is 13.8 Å². The maximum Gasteiger partial charge on any atom is 0.325 e. The molecule has 0 aliphatic rings. The molecule has 0 saturated carbocycles.